The second-order valence-corrected chi connectivity index (χ2v) is 4.61. The Hall–Kier alpha value is -1.03. The van der Waals surface area contributed by atoms with Crippen molar-refractivity contribution in [3.8, 4) is 5.75 Å². The smallest absolute Gasteiger partial charge is 0.310 e. The molecule has 4 heteroatoms. The zero-order valence-electron chi connectivity index (χ0n) is 9.80. The summed E-state index contributed by atoms with van der Waals surface area (Å²) in [4.78, 5) is 11.0. The number of hydrogen-bond donors (Lipinski definition) is 1. The molecule has 0 aliphatic heterocycles. The predicted molar refractivity (Wildman–Crippen MR) is 66.2 cm³/mol. The summed E-state index contributed by atoms with van der Waals surface area (Å²) in [6.45, 7) is 5.47. The lowest BCUT2D eigenvalue weighted by Gasteiger charge is -2.17. The highest BCUT2D eigenvalue weighted by atomic mass is 79.9. The van der Waals surface area contributed by atoms with Gasteiger partial charge in [-0.05, 0) is 53.4 Å². The lowest BCUT2D eigenvalue weighted by atomic mass is 9.94. The van der Waals surface area contributed by atoms with Crippen molar-refractivity contribution in [3.63, 3.8) is 0 Å². The number of hydrogen-bond acceptors (Lipinski definition) is 2. The number of methoxy groups -OCH3 is 1. The van der Waals surface area contributed by atoms with E-state index in [-0.39, 0.29) is 0 Å². The zero-order chi connectivity index (χ0) is 12.5. The fourth-order valence-corrected chi connectivity index (χ4v) is 2.28. The number of carboxylic acid groups (broad SMARTS) is 1. The topological polar surface area (TPSA) is 46.5 Å². The van der Waals surface area contributed by atoms with Gasteiger partial charge in [0.1, 0.15) is 5.75 Å². The van der Waals surface area contributed by atoms with E-state index in [1.165, 1.54) is 0 Å². The molecule has 0 fully saturated rings. The Labute approximate surface area is 104 Å². The quantitative estimate of drug-likeness (QED) is 0.928. The first-order valence-electron chi connectivity index (χ1n) is 4.96. The van der Waals surface area contributed by atoms with Crippen LogP contribution >= 0.6 is 15.9 Å². The Morgan fingerprint density at radius 2 is 2.06 bits per heavy atom. The summed E-state index contributed by atoms with van der Waals surface area (Å²) in [5.41, 5.74) is 2.64. The molecule has 0 aromatic heterocycles. The SMILES string of the molecule is COc1c(C)c(C(C)C(=O)O)cc(C)c1Br. The molecule has 0 spiro atoms. The Morgan fingerprint density at radius 3 is 2.50 bits per heavy atom. The monoisotopic (exact) mass is 286 g/mol. The molecule has 0 heterocycles. The average molecular weight is 287 g/mol. The van der Waals surface area contributed by atoms with Gasteiger partial charge in [-0.15, -0.1) is 0 Å². The minimum atomic E-state index is -0.827. The van der Waals surface area contributed by atoms with Crippen molar-refractivity contribution in [1.82, 2.24) is 0 Å². The highest BCUT2D eigenvalue weighted by molar-refractivity contribution is 9.10. The first kappa shape index (κ1) is 13.0. The van der Waals surface area contributed by atoms with E-state index in [9.17, 15) is 4.79 Å². The van der Waals surface area contributed by atoms with Gasteiger partial charge in [0.2, 0.25) is 0 Å². The number of aliphatic carboxylic acids is 1. The number of aryl methyl sites for hydroxylation is 1. The molecule has 1 unspecified atom stereocenters. The molecule has 0 saturated carbocycles. The fourth-order valence-electron chi connectivity index (χ4n) is 1.71. The summed E-state index contributed by atoms with van der Waals surface area (Å²) < 4.78 is 6.17. The van der Waals surface area contributed by atoms with E-state index in [2.05, 4.69) is 15.9 Å². The molecule has 3 nitrogen and oxygen atoms in total. The highest BCUT2D eigenvalue weighted by Crippen LogP contribution is 2.36. The third-order valence-corrected chi connectivity index (χ3v) is 3.72. The Bertz CT molecular complexity index is 427. The van der Waals surface area contributed by atoms with Crippen LogP contribution in [-0.4, -0.2) is 18.2 Å². The van der Waals surface area contributed by atoms with Crippen LogP contribution in [0.3, 0.4) is 0 Å². The largest absolute Gasteiger partial charge is 0.495 e. The third-order valence-electron chi connectivity index (χ3n) is 2.73. The summed E-state index contributed by atoms with van der Waals surface area (Å²) in [5.74, 6) is -0.643. The van der Waals surface area contributed by atoms with Crippen molar-refractivity contribution in [2.45, 2.75) is 26.7 Å². The standard InChI is InChI=1S/C12H15BrO3/c1-6-5-9(8(3)12(14)15)7(2)11(16-4)10(6)13/h5,8H,1-4H3,(H,14,15). The molecule has 1 rings (SSSR count). The number of ether oxygens (including phenoxy) is 1. The summed E-state index contributed by atoms with van der Waals surface area (Å²) in [6.07, 6.45) is 0. The molecule has 0 amide bonds. The number of halogens is 1. The van der Waals surface area contributed by atoms with Gasteiger partial charge in [0, 0.05) is 0 Å². The fraction of sp³-hybridized carbons (Fsp3) is 0.417. The molecule has 0 aliphatic rings. The molecule has 0 saturated heterocycles. The molecular weight excluding hydrogens is 272 g/mol. The predicted octanol–water partition coefficient (Wildman–Crippen LogP) is 3.26. The Balaban J connectivity index is 3.42. The lowest BCUT2D eigenvalue weighted by Crippen LogP contribution is -2.10. The van der Waals surface area contributed by atoms with Crippen LogP contribution in [-0.2, 0) is 4.79 Å². The van der Waals surface area contributed by atoms with Gasteiger partial charge in [-0.2, -0.15) is 0 Å². The van der Waals surface area contributed by atoms with Crippen LogP contribution in [0, 0.1) is 13.8 Å². The normalized spacial score (nSPS) is 12.3. The first-order chi connectivity index (χ1) is 7.40. The van der Waals surface area contributed by atoms with Crippen molar-refractivity contribution in [1.29, 1.82) is 0 Å². The van der Waals surface area contributed by atoms with E-state index in [0.717, 1.165) is 21.2 Å². The van der Waals surface area contributed by atoms with Gasteiger partial charge < -0.3 is 9.84 Å². The van der Waals surface area contributed by atoms with E-state index in [1.54, 1.807) is 14.0 Å². The molecule has 88 valence electrons. The summed E-state index contributed by atoms with van der Waals surface area (Å²) in [5, 5.41) is 9.03. The zero-order valence-corrected chi connectivity index (χ0v) is 11.4. The minimum absolute atomic E-state index is 0.527. The van der Waals surface area contributed by atoms with Crippen molar-refractivity contribution in [2.75, 3.05) is 7.11 Å². The van der Waals surface area contributed by atoms with Crippen molar-refractivity contribution in [3.05, 3.63) is 27.2 Å². The minimum Gasteiger partial charge on any atom is -0.495 e. The molecule has 1 aromatic rings. The molecule has 16 heavy (non-hydrogen) atoms. The van der Waals surface area contributed by atoms with Crippen molar-refractivity contribution < 1.29 is 14.6 Å². The highest BCUT2D eigenvalue weighted by Gasteiger charge is 2.20. The van der Waals surface area contributed by atoms with Crippen molar-refractivity contribution in [2.24, 2.45) is 0 Å². The van der Waals surface area contributed by atoms with E-state index in [4.69, 9.17) is 9.84 Å². The maximum absolute atomic E-state index is 11.0. The number of rotatable bonds is 3. The van der Waals surface area contributed by atoms with Gasteiger partial charge in [-0.1, -0.05) is 6.07 Å². The maximum Gasteiger partial charge on any atom is 0.310 e. The van der Waals surface area contributed by atoms with E-state index >= 15 is 0 Å². The van der Waals surface area contributed by atoms with Gasteiger partial charge in [0.15, 0.2) is 0 Å². The molecule has 1 aromatic carbocycles. The van der Waals surface area contributed by atoms with E-state index in [0.29, 0.717) is 5.75 Å². The molecule has 0 radical (unpaired) electrons. The molecule has 1 N–H and O–H groups in total. The second kappa shape index (κ2) is 4.87. The number of carbonyl (C=O) groups is 1. The first-order valence-corrected chi connectivity index (χ1v) is 5.75. The van der Waals surface area contributed by atoms with Crippen LogP contribution in [0.4, 0.5) is 0 Å². The van der Waals surface area contributed by atoms with Gasteiger partial charge in [-0.25, -0.2) is 0 Å². The molecule has 1 atom stereocenters. The number of carboxylic acids is 1. The van der Waals surface area contributed by atoms with Crippen LogP contribution in [0.2, 0.25) is 0 Å². The Kier molecular flexibility index (Phi) is 3.97. The van der Waals surface area contributed by atoms with Crippen LogP contribution in [0.5, 0.6) is 5.75 Å². The van der Waals surface area contributed by atoms with E-state index < -0.39 is 11.9 Å². The van der Waals surface area contributed by atoms with Crippen LogP contribution < -0.4 is 4.74 Å². The molecule has 0 bridgehead atoms. The van der Waals surface area contributed by atoms with Crippen LogP contribution in [0.1, 0.15) is 29.5 Å². The van der Waals surface area contributed by atoms with Crippen molar-refractivity contribution >= 4 is 21.9 Å². The second-order valence-electron chi connectivity index (χ2n) is 3.81. The van der Waals surface area contributed by atoms with Gasteiger partial charge in [0.25, 0.3) is 0 Å². The average Bonchev–Trinajstić information content (AvgIpc) is 2.23. The van der Waals surface area contributed by atoms with Crippen LogP contribution in [0.15, 0.2) is 10.5 Å². The summed E-state index contributed by atoms with van der Waals surface area (Å²) in [7, 11) is 1.59. The molecular formula is C12H15BrO3. The molecule has 0 aliphatic carbocycles. The lowest BCUT2D eigenvalue weighted by molar-refractivity contribution is -0.138. The van der Waals surface area contributed by atoms with Gasteiger partial charge >= 0.3 is 5.97 Å². The van der Waals surface area contributed by atoms with Crippen LogP contribution in [0.25, 0.3) is 0 Å². The van der Waals surface area contributed by atoms with E-state index in [1.807, 2.05) is 19.9 Å². The number of benzene rings is 1. The van der Waals surface area contributed by atoms with Gasteiger partial charge in [-0.3, -0.25) is 4.79 Å². The maximum atomic E-state index is 11.0. The summed E-state index contributed by atoms with van der Waals surface area (Å²) >= 11 is 3.44. The van der Waals surface area contributed by atoms with Gasteiger partial charge in [0.05, 0.1) is 17.5 Å². The Morgan fingerprint density at radius 1 is 1.50 bits per heavy atom. The summed E-state index contributed by atoms with van der Waals surface area (Å²) in [6, 6.07) is 1.89. The third kappa shape index (κ3) is 2.21.